The molecule has 1 aliphatic carbocycles. The maximum Gasteiger partial charge on any atom is 0.246 e. The Morgan fingerprint density at radius 2 is 2.07 bits per heavy atom. The molecule has 2 N–H and O–H groups in total. The predicted molar refractivity (Wildman–Crippen MR) is 52.9 cm³/mol. The van der Waals surface area contributed by atoms with Crippen LogP contribution in [0.5, 0.6) is 0 Å². The van der Waals surface area contributed by atoms with Gasteiger partial charge in [-0.15, -0.1) is 0 Å². The molecule has 0 unspecified atom stereocenters. The molecule has 0 radical (unpaired) electrons. The lowest BCUT2D eigenvalue weighted by Gasteiger charge is -2.26. The van der Waals surface area contributed by atoms with Crippen LogP contribution in [0.2, 0.25) is 0 Å². The van der Waals surface area contributed by atoms with Gasteiger partial charge in [-0.1, -0.05) is 0 Å². The van der Waals surface area contributed by atoms with Crippen LogP contribution < -0.4 is 5.32 Å². The topological polar surface area (TPSA) is 58.6 Å². The molecule has 1 saturated carbocycles. The van der Waals surface area contributed by atoms with Gasteiger partial charge in [0.05, 0.1) is 6.10 Å². The number of nitrogens with one attached hydrogen (secondary N) is 1. The Morgan fingerprint density at radius 1 is 1.43 bits per heavy atom. The Kier molecular flexibility index (Phi) is 4.90. The molecule has 1 fully saturated rings. The van der Waals surface area contributed by atoms with Crippen molar-refractivity contribution >= 4 is 5.91 Å². The van der Waals surface area contributed by atoms with Crippen molar-refractivity contribution in [2.24, 2.45) is 0 Å². The zero-order chi connectivity index (χ0) is 10.4. The lowest BCUT2D eigenvalue weighted by Crippen LogP contribution is -2.40. The van der Waals surface area contributed by atoms with Crippen molar-refractivity contribution in [1.82, 2.24) is 5.32 Å². The van der Waals surface area contributed by atoms with Gasteiger partial charge in [-0.05, 0) is 32.6 Å². The molecule has 0 spiro atoms. The smallest absolute Gasteiger partial charge is 0.246 e. The fourth-order valence-corrected chi connectivity index (χ4v) is 1.68. The van der Waals surface area contributed by atoms with Crippen LogP contribution in [0.15, 0.2) is 0 Å². The minimum absolute atomic E-state index is 0.0479. The van der Waals surface area contributed by atoms with Crippen LogP contribution in [-0.4, -0.2) is 36.4 Å². The maximum atomic E-state index is 11.3. The largest absolute Gasteiger partial charge is 0.393 e. The van der Waals surface area contributed by atoms with Gasteiger partial charge in [0.25, 0.3) is 0 Å². The molecule has 0 saturated heterocycles. The van der Waals surface area contributed by atoms with Crippen molar-refractivity contribution < 1.29 is 14.6 Å². The van der Waals surface area contributed by atoms with Crippen LogP contribution in [-0.2, 0) is 9.53 Å². The normalized spacial score (nSPS) is 27.3. The minimum Gasteiger partial charge on any atom is -0.393 e. The Bertz CT molecular complexity index is 176. The van der Waals surface area contributed by atoms with Gasteiger partial charge in [0.1, 0.15) is 6.61 Å². The highest BCUT2D eigenvalue weighted by molar-refractivity contribution is 5.77. The van der Waals surface area contributed by atoms with Gasteiger partial charge in [-0.2, -0.15) is 0 Å². The number of carbonyl (C=O) groups is 1. The summed E-state index contributed by atoms with van der Waals surface area (Å²) in [4.78, 5) is 11.3. The van der Waals surface area contributed by atoms with Gasteiger partial charge in [-0.3, -0.25) is 4.79 Å². The number of ether oxygens (including phenoxy) is 1. The van der Waals surface area contributed by atoms with Crippen LogP contribution in [0.1, 0.15) is 32.6 Å². The second-order valence-electron chi connectivity index (χ2n) is 3.71. The van der Waals surface area contributed by atoms with E-state index in [1.165, 1.54) is 0 Å². The first-order valence-corrected chi connectivity index (χ1v) is 5.27. The van der Waals surface area contributed by atoms with Crippen molar-refractivity contribution in [3.8, 4) is 0 Å². The van der Waals surface area contributed by atoms with E-state index in [0.29, 0.717) is 6.61 Å². The third-order valence-electron chi connectivity index (χ3n) is 2.50. The van der Waals surface area contributed by atoms with Gasteiger partial charge >= 0.3 is 0 Å². The predicted octanol–water partition coefficient (Wildman–Crippen LogP) is 0.443. The number of amides is 1. The summed E-state index contributed by atoms with van der Waals surface area (Å²) in [5.41, 5.74) is 0. The summed E-state index contributed by atoms with van der Waals surface area (Å²) >= 11 is 0. The van der Waals surface area contributed by atoms with E-state index in [4.69, 9.17) is 4.74 Å². The zero-order valence-electron chi connectivity index (χ0n) is 8.66. The molecule has 1 amide bonds. The molecule has 0 aromatic heterocycles. The van der Waals surface area contributed by atoms with Crippen molar-refractivity contribution in [2.75, 3.05) is 13.2 Å². The summed E-state index contributed by atoms with van der Waals surface area (Å²) in [6, 6.07) is 0.228. The number of carbonyl (C=O) groups excluding carboxylic acids is 1. The molecule has 0 aliphatic heterocycles. The van der Waals surface area contributed by atoms with Crippen LogP contribution >= 0.6 is 0 Å². The first-order valence-electron chi connectivity index (χ1n) is 5.27. The van der Waals surface area contributed by atoms with E-state index in [2.05, 4.69) is 5.32 Å². The first kappa shape index (κ1) is 11.5. The third-order valence-corrected chi connectivity index (χ3v) is 2.50. The Labute approximate surface area is 84.6 Å². The number of aliphatic hydroxyl groups excluding tert-OH is 1. The standard InChI is InChI=1S/C10H19NO3/c1-2-14-7-10(13)11-8-3-5-9(12)6-4-8/h8-9,12H,2-7H2,1H3,(H,11,13). The van der Waals surface area contributed by atoms with Crippen molar-refractivity contribution in [2.45, 2.75) is 44.8 Å². The lowest BCUT2D eigenvalue weighted by molar-refractivity contribution is -0.126. The first-order chi connectivity index (χ1) is 6.72. The van der Waals surface area contributed by atoms with E-state index in [9.17, 15) is 9.90 Å². The molecule has 0 atom stereocenters. The highest BCUT2D eigenvalue weighted by Crippen LogP contribution is 2.17. The molecule has 0 aromatic rings. The van der Waals surface area contributed by atoms with E-state index >= 15 is 0 Å². The average molecular weight is 201 g/mol. The average Bonchev–Trinajstić information content (AvgIpc) is 2.18. The number of hydrogen-bond donors (Lipinski definition) is 2. The van der Waals surface area contributed by atoms with Crippen LogP contribution in [0, 0.1) is 0 Å². The summed E-state index contributed by atoms with van der Waals surface area (Å²) in [7, 11) is 0. The Hall–Kier alpha value is -0.610. The molecule has 1 rings (SSSR count). The number of rotatable bonds is 4. The molecule has 14 heavy (non-hydrogen) atoms. The van der Waals surface area contributed by atoms with Gasteiger partial charge in [-0.25, -0.2) is 0 Å². The Morgan fingerprint density at radius 3 is 2.64 bits per heavy atom. The maximum absolute atomic E-state index is 11.3. The summed E-state index contributed by atoms with van der Waals surface area (Å²) in [6.07, 6.45) is 3.16. The highest BCUT2D eigenvalue weighted by atomic mass is 16.5. The fraction of sp³-hybridized carbons (Fsp3) is 0.900. The fourth-order valence-electron chi connectivity index (χ4n) is 1.68. The summed E-state index contributed by atoms with van der Waals surface area (Å²) in [5, 5.41) is 12.2. The van der Waals surface area contributed by atoms with Crippen molar-refractivity contribution in [1.29, 1.82) is 0 Å². The highest BCUT2D eigenvalue weighted by Gasteiger charge is 2.20. The summed E-state index contributed by atoms with van der Waals surface area (Å²) in [5.74, 6) is -0.0479. The molecule has 4 nitrogen and oxygen atoms in total. The molecule has 4 heteroatoms. The van der Waals surface area contributed by atoms with Gasteiger partial charge in [0.15, 0.2) is 0 Å². The van der Waals surface area contributed by atoms with Gasteiger partial charge < -0.3 is 15.2 Å². The minimum atomic E-state index is -0.171. The molecule has 0 bridgehead atoms. The van der Waals surface area contributed by atoms with Crippen molar-refractivity contribution in [3.05, 3.63) is 0 Å². The van der Waals surface area contributed by atoms with E-state index in [1.807, 2.05) is 6.92 Å². The number of hydrogen-bond acceptors (Lipinski definition) is 3. The van der Waals surface area contributed by atoms with E-state index < -0.39 is 0 Å². The molecule has 1 aliphatic rings. The number of aliphatic hydroxyl groups is 1. The monoisotopic (exact) mass is 201 g/mol. The second-order valence-corrected chi connectivity index (χ2v) is 3.71. The van der Waals surface area contributed by atoms with Gasteiger partial charge in [0, 0.05) is 12.6 Å². The van der Waals surface area contributed by atoms with Crippen LogP contribution in [0.4, 0.5) is 0 Å². The SMILES string of the molecule is CCOCC(=O)NC1CCC(O)CC1. The molecule has 0 aromatic carbocycles. The van der Waals surface area contributed by atoms with Crippen LogP contribution in [0.3, 0.4) is 0 Å². The lowest BCUT2D eigenvalue weighted by atomic mass is 9.93. The summed E-state index contributed by atoms with van der Waals surface area (Å²) < 4.78 is 5.00. The zero-order valence-corrected chi connectivity index (χ0v) is 8.66. The van der Waals surface area contributed by atoms with Crippen LogP contribution in [0.25, 0.3) is 0 Å². The molecular weight excluding hydrogens is 182 g/mol. The quantitative estimate of drug-likeness (QED) is 0.694. The van der Waals surface area contributed by atoms with Gasteiger partial charge in [0.2, 0.25) is 5.91 Å². The van der Waals surface area contributed by atoms with Crippen molar-refractivity contribution in [3.63, 3.8) is 0 Å². The van der Waals surface area contributed by atoms with E-state index in [-0.39, 0.29) is 24.7 Å². The summed E-state index contributed by atoms with van der Waals surface area (Å²) in [6.45, 7) is 2.58. The third kappa shape index (κ3) is 4.07. The second kappa shape index (κ2) is 5.98. The molecule has 0 heterocycles. The van der Waals surface area contributed by atoms with E-state index in [1.54, 1.807) is 0 Å². The Balaban J connectivity index is 2.14. The molecular formula is C10H19NO3. The molecule has 82 valence electrons. The van der Waals surface area contributed by atoms with E-state index in [0.717, 1.165) is 25.7 Å².